The van der Waals surface area contributed by atoms with E-state index < -0.39 is 28.5 Å². The first kappa shape index (κ1) is 32.9. The summed E-state index contributed by atoms with van der Waals surface area (Å²) >= 11 is 18.9. The van der Waals surface area contributed by atoms with Gasteiger partial charge < -0.3 is 15.0 Å². The van der Waals surface area contributed by atoms with Crippen LogP contribution in [0.2, 0.25) is 15.1 Å². The standard InChI is InChI=1S/C31H34Cl3N3O5S/c1-21(31(39)35-25-9-5-3-6-10-25)36(19-22-13-14-23(32)17-27(22)34)30(38)20-37(28-18-24(33)15-16-29(28)42-2)43(40,41)26-11-7-4-8-12-26/h4,7-8,11-18,21,25H,3,5-6,9-10,19-20H2,1-2H3,(H,35,39)/t21-/m0/s1. The summed E-state index contributed by atoms with van der Waals surface area (Å²) in [5.74, 6) is -0.755. The first-order chi connectivity index (χ1) is 20.5. The highest BCUT2D eigenvalue weighted by molar-refractivity contribution is 7.92. The highest BCUT2D eigenvalue weighted by Gasteiger charge is 2.34. The van der Waals surface area contributed by atoms with Crippen LogP contribution in [0.15, 0.2) is 71.6 Å². The highest BCUT2D eigenvalue weighted by atomic mass is 35.5. The van der Waals surface area contributed by atoms with E-state index in [0.29, 0.717) is 15.6 Å². The van der Waals surface area contributed by atoms with Crippen LogP contribution in [0, 0.1) is 0 Å². The Morgan fingerprint density at radius 1 is 0.953 bits per heavy atom. The molecule has 3 aromatic rings. The maximum absolute atomic E-state index is 14.2. The molecule has 12 heteroatoms. The molecule has 1 fully saturated rings. The number of sulfonamides is 1. The van der Waals surface area contributed by atoms with Gasteiger partial charge in [0, 0.05) is 27.7 Å². The molecule has 0 spiro atoms. The monoisotopic (exact) mass is 665 g/mol. The van der Waals surface area contributed by atoms with Gasteiger partial charge in [-0.05, 0) is 67.8 Å². The molecule has 43 heavy (non-hydrogen) atoms. The molecule has 0 aliphatic heterocycles. The van der Waals surface area contributed by atoms with Crippen molar-refractivity contribution >= 4 is 62.3 Å². The molecule has 1 N–H and O–H groups in total. The van der Waals surface area contributed by atoms with Gasteiger partial charge in [0.2, 0.25) is 11.8 Å². The first-order valence-corrected chi connectivity index (χ1v) is 16.5. The average Bonchev–Trinajstić information content (AvgIpc) is 3.00. The Hall–Kier alpha value is -2.98. The molecule has 0 saturated heterocycles. The molecule has 1 aliphatic carbocycles. The van der Waals surface area contributed by atoms with E-state index in [1.165, 1.54) is 36.3 Å². The van der Waals surface area contributed by atoms with Crippen LogP contribution in [0.3, 0.4) is 0 Å². The smallest absolute Gasteiger partial charge is 0.264 e. The van der Waals surface area contributed by atoms with Crippen LogP contribution >= 0.6 is 34.8 Å². The van der Waals surface area contributed by atoms with E-state index in [4.69, 9.17) is 39.5 Å². The van der Waals surface area contributed by atoms with Gasteiger partial charge in [-0.15, -0.1) is 0 Å². The van der Waals surface area contributed by atoms with Gasteiger partial charge in [0.15, 0.2) is 0 Å². The van der Waals surface area contributed by atoms with Crippen molar-refractivity contribution in [3.8, 4) is 5.75 Å². The Morgan fingerprint density at radius 2 is 1.60 bits per heavy atom. The first-order valence-electron chi connectivity index (χ1n) is 14.0. The van der Waals surface area contributed by atoms with Crippen LogP contribution in [0.25, 0.3) is 0 Å². The zero-order valence-electron chi connectivity index (χ0n) is 23.9. The Bertz CT molecular complexity index is 1550. The summed E-state index contributed by atoms with van der Waals surface area (Å²) in [5, 5.41) is 4.06. The van der Waals surface area contributed by atoms with Gasteiger partial charge in [-0.2, -0.15) is 0 Å². The molecule has 1 aliphatic rings. The van der Waals surface area contributed by atoms with Crippen molar-refractivity contribution < 1.29 is 22.7 Å². The van der Waals surface area contributed by atoms with Crippen LogP contribution < -0.4 is 14.4 Å². The molecule has 4 rings (SSSR count). The summed E-state index contributed by atoms with van der Waals surface area (Å²) in [4.78, 5) is 29.0. The van der Waals surface area contributed by atoms with Gasteiger partial charge in [-0.1, -0.05) is 78.3 Å². The number of rotatable bonds is 11. The van der Waals surface area contributed by atoms with Crippen LogP contribution in [-0.4, -0.2) is 50.9 Å². The minimum Gasteiger partial charge on any atom is -0.495 e. The zero-order valence-corrected chi connectivity index (χ0v) is 27.0. The lowest BCUT2D eigenvalue weighted by molar-refractivity contribution is -0.139. The predicted molar refractivity (Wildman–Crippen MR) is 170 cm³/mol. The van der Waals surface area contributed by atoms with Gasteiger partial charge in [-0.25, -0.2) is 8.42 Å². The maximum Gasteiger partial charge on any atom is 0.264 e. The normalized spacial score (nSPS) is 14.5. The van der Waals surface area contributed by atoms with Gasteiger partial charge >= 0.3 is 0 Å². The second kappa shape index (κ2) is 14.7. The number of anilines is 1. The summed E-state index contributed by atoms with van der Waals surface area (Å²) in [7, 11) is -2.89. The zero-order chi connectivity index (χ0) is 31.1. The fourth-order valence-electron chi connectivity index (χ4n) is 5.08. The number of ether oxygens (including phenoxy) is 1. The van der Waals surface area contributed by atoms with Crippen molar-refractivity contribution in [1.29, 1.82) is 0 Å². The number of benzene rings is 3. The van der Waals surface area contributed by atoms with E-state index in [9.17, 15) is 18.0 Å². The van der Waals surface area contributed by atoms with E-state index in [2.05, 4.69) is 5.32 Å². The summed E-state index contributed by atoms with van der Waals surface area (Å²) in [6, 6.07) is 16.2. The molecule has 1 saturated carbocycles. The van der Waals surface area contributed by atoms with Crippen molar-refractivity contribution in [2.45, 2.75) is 62.6 Å². The lowest BCUT2D eigenvalue weighted by Gasteiger charge is -2.33. The fourth-order valence-corrected chi connectivity index (χ4v) is 7.15. The second-order valence-electron chi connectivity index (χ2n) is 10.4. The van der Waals surface area contributed by atoms with E-state index in [0.717, 1.165) is 36.4 Å². The lowest BCUT2D eigenvalue weighted by Crippen LogP contribution is -2.53. The molecular formula is C31H34Cl3N3O5S. The summed E-state index contributed by atoms with van der Waals surface area (Å²) in [6.45, 7) is 0.927. The fraction of sp³-hybridized carbons (Fsp3) is 0.355. The average molecular weight is 667 g/mol. The molecule has 0 bridgehead atoms. The third kappa shape index (κ3) is 8.15. The van der Waals surface area contributed by atoms with Crippen LogP contribution in [0.4, 0.5) is 5.69 Å². The Kier molecular flexibility index (Phi) is 11.2. The number of hydrogen-bond donors (Lipinski definition) is 1. The minimum atomic E-state index is -4.28. The third-order valence-electron chi connectivity index (χ3n) is 7.49. The van der Waals surface area contributed by atoms with Crippen LogP contribution in [0.1, 0.15) is 44.6 Å². The van der Waals surface area contributed by atoms with Crippen molar-refractivity contribution in [3.05, 3.63) is 87.4 Å². The highest BCUT2D eigenvalue weighted by Crippen LogP contribution is 2.35. The van der Waals surface area contributed by atoms with Gasteiger partial charge in [-0.3, -0.25) is 13.9 Å². The summed E-state index contributed by atoms with van der Waals surface area (Å²) in [6.07, 6.45) is 4.91. The molecule has 0 unspecified atom stereocenters. The van der Waals surface area contributed by atoms with E-state index >= 15 is 0 Å². The molecule has 230 valence electrons. The summed E-state index contributed by atoms with van der Waals surface area (Å²) < 4.78 is 34.5. The maximum atomic E-state index is 14.2. The number of amides is 2. The third-order valence-corrected chi connectivity index (χ3v) is 10.1. The number of nitrogens with zero attached hydrogens (tertiary/aromatic N) is 2. The van der Waals surface area contributed by atoms with Crippen molar-refractivity contribution in [2.75, 3.05) is 18.0 Å². The van der Waals surface area contributed by atoms with Gasteiger partial charge in [0.25, 0.3) is 10.0 Å². The number of hydrogen-bond acceptors (Lipinski definition) is 5. The van der Waals surface area contributed by atoms with Crippen molar-refractivity contribution in [2.24, 2.45) is 0 Å². The number of carbonyl (C=O) groups excluding carboxylic acids is 2. The molecule has 0 aromatic heterocycles. The second-order valence-corrected chi connectivity index (χ2v) is 13.6. The lowest BCUT2D eigenvalue weighted by atomic mass is 9.95. The van der Waals surface area contributed by atoms with E-state index in [1.54, 1.807) is 49.4 Å². The minimum absolute atomic E-state index is 0.0189. The number of carbonyl (C=O) groups is 2. The Labute approximate surface area is 267 Å². The molecule has 2 amide bonds. The predicted octanol–water partition coefficient (Wildman–Crippen LogP) is 6.72. The van der Waals surface area contributed by atoms with Gasteiger partial charge in [0.05, 0.1) is 17.7 Å². The number of methoxy groups -OCH3 is 1. The topological polar surface area (TPSA) is 96.0 Å². The van der Waals surface area contributed by atoms with Crippen molar-refractivity contribution in [1.82, 2.24) is 10.2 Å². The van der Waals surface area contributed by atoms with E-state index in [-0.39, 0.29) is 39.8 Å². The molecule has 0 radical (unpaired) electrons. The Balaban J connectivity index is 1.74. The largest absolute Gasteiger partial charge is 0.495 e. The van der Waals surface area contributed by atoms with Crippen LogP contribution in [-0.2, 0) is 26.2 Å². The Morgan fingerprint density at radius 3 is 2.26 bits per heavy atom. The molecule has 1 atom stereocenters. The quantitative estimate of drug-likeness (QED) is 0.245. The summed E-state index contributed by atoms with van der Waals surface area (Å²) in [5.41, 5.74) is 0.630. The number of halogens is 3. The number of nitrogens with one attached hydrogen (secondary N) is 1. The van der Waals surface area contributed by atoms with E-state index in [1.807, 2.05) is 0 Å². The van der Waals surface area contributed by atoms with Crippen molar-refractivity contribution in [3.63, 3.8) is 0 Å². The molecule has 3 aromatic carbocycles. The SMILES string of the molecule is COc1ccc(Cl)cc1N(CC(=O)N(Cc1ccc(Cl)cc1Cl)[C@@H](C)C(=O)NC1CCCCC1)S(=O)(=O)c1ccccc1. The van der Waals surface area contributed by atoms with Gasteiger partial charge in [0.1, 0.15) is 18.3 Å². The molecule has 0 heterocycles. The van der Waals surface area contributed by atoms with Crippen LogP contribution in [0.5, 0.6) is 5.75 Å². The molecular weight excluding hydrogens is 633 g/mol. The molecule has 8 nitrogen and oxygen atoms in total.